The monoisotopic (exact) mass is 314 g/mol. The Bertz CT molecular complexity index is 366. The predicted molar refractivity (Wildman–Crippen MR) is 88.7 cm³/mol. The van der Waals surface area contributed by atoms with E-state index in [1.54, 1.807) is 0 Å². The molecule has 2 aliphatic heterocycles. The summed E-state index contributed by atoms with van der Waals surface area (Å²) in [4.78, 5) is 0. The summed E-state index contributed by atoms with van der Waals surface area (Å²) in [7, 11) is -2.37. The van der Waals surface area contributed by atoms with Crippen LogP contribution in [0.15, 0.2) is 0 Å². The van der Waals surface area contributed by atoms with E-state index in [2.05, 4.69) is 62.3 Å². The summed E-state index contributed by atoms with van der Waals surface area (Å²) < 4.78 is 19.5. The van der Waals surface area contributed by atoms with Gasteiger partial charge >= 0.3 is 8.56 Å². The van der Waals surface area contributed by atoms with Gasteiger partial charge in [0.25, 0.3) is 0 Å². The van der Waals surface area contributed by atoms with Crippen LogP contribution in [-0.2, 0) is 13.6 Å². The topological polar surface area (TPSA) is 27.7 Å². The maximum Gasteiger partial charge on any atom is 0.349 e. The van der Waals surface area contributed by atoms with Gasteiger partial charge in [0.1, 0.15) is 6.10 Å². The van der Waals surface area contributed by atoms with Gasteiger partial charge in [-0.05, 0) is 18.8 Å². The van der Waals surface area contributed by atoms with Crippen molar-refractivity contribution in [1.29, 1.82) is 0 Å². The highest BCUT2D eigenvalue weighted by Crippen LogP contribution is 2.55. The molecule has 0 spiro atoms. The van der Waals surface area contributed by atoms with Gasteiger partial charge in [0.2, 0.25) is 0 Å². The molecule has 21 heavy (non-hydrogen) atoms. The molecule has 4 heteroatoms. The van der Waals surface area contributed by atoms with E-state index in [9.17, 15) is 0 Å². The third kappa shape index (κ3) is 2.73. The zero-order chi connectivity index (χ0) is 16.2. The van der Waals surface area contributed by atoms with Crippen LogP contribution in [0.3, 0.4) is 0 Å². The number of hydrogen-bond donors (Lipinski definition) is 0. The van der Waals surface area contributed by atoms with Gasteiger partial charge in [-0.15, -0.1) is 0 Å². The lowest BCUT2D eigenvalue weighted by atomic mass is 9.82. The van der Waals surface area contributed by atoms with E-state index >= 15 is 0 Å². The summed E-state index contributed by atoms with van der Waals surface area (Å²) in [6.45, 7) is 21.1. The van der Waals surface area contributed by atoms with Crippen molar-refractivity contribution in [2.75, 3.05) is 6.61 Å². The zero-order valence-corrected chi connectivity index (χ0v) is 16.3. The first kappa shape index (κ1) is 17.5. The molecule has 2 aliphatic rings. The van der Waals surface area contributed by atoms with Gasteiger partial charge in [-0.1, -0.05) is 55.4 Å². The van der Waals surface area contributed by atoms with Crippen LogP contribution in [-0.4, -0.2) is 33.5 Å². The molecule has 0 aliphatic carbocycles. The van der Waals surface area contributed by atoms with Crippen molar-refractivity contribution >= 4 is 8.56 Å². The second kappa shape index (κ2) is 5.33. The summed E-state index contributed by atoms with van der Waals surface area (Å²) >= 11 is 0. The largest absolute Gasteiger partial charge is 0.391 e. The minimum atomic E-state index is -2.37. The van der Waals surface area contributed by atoms with Crippen molar-refractivity contribution in [3.8, 4) is 0 Å². The molecule has 0 radical (unpaired) electrons. The highest BCUT2D eigenvalue weighted by atomic mass is 28.4. The Labute approximate surface area is 132 Å². The molecule has 0 aromatic heterocycles. The summed E-state index contributed by atoms with van der Waals surface area (Å²) in [5, 5.41) is 0.0878. The normalized spacial score (nSPS) is 40.7. The first-order chi connectivity index (χ1) is 9.41. The van der Waals surface area contributed by atoms with Crippen LogP contribution < -0.4 is 0 Å². The molecule has 0 amide bonds. The molecular weight excluding hydrogens is 280 g/mol. The van der Waals surface area contributed by atoms with Crippen LogP contribution in [0.1, 0.15) is 62.3 Å². The molecule has 0 aromatic carbocycles. The lowest BCUT2D eigenvalue weighted by molar-refractivity contribution is -0.197. The van der Waals surface area contributed by atoms with E-state index < -0.39 is 8.56 Å². The third-order valence-corrected chi connectivity index (χ3v) is 10.7. The standard InChI is InChI=1S/C17H34O3Si/c1-11-12(2)15-14(19-13(11)3)10-18-21(20-15,16(4,5)6)17(7,8)9/h11-15H,10H2,1-9H3/t11?,12-,13+,14?,15-/m1/s1. The Morgan fingerprint density at radius 1 is 0.857 bits per heavy atom. The second-order valence-corrected chi connectivity index (χ2v) is 13.9. The van der Waals surface area contributed by atoms with Gasteiger partial charge < -0.3 is 13.6 Å². The summed E-state index contributed by atoms with van der Waals surface area (Å²) in [5.41, 5.74) is 0. The van der Waals surface area contributed by atoms with Crippen LogP contribution in [0, 0.1) is 11.8 Å². The maximum atomic E-state index is 6.83. The van der Waals surface area contributed by atoms with E-state index in [0.717, 1.165) is 0 Å². The molecular formula is C17H34O3Si. The number of rotatable bonds is 0. The van der Waals surface area contributed by atoms with Gasteiger partial charge in [0.15, 0.2) is 0 Å². The molecule has 3 nitrogen and oxygen atoms in total. The summed E-state index contributed by atoms with van der Waals surface area (Å²) in [6, 6.07) is 0. The lowest BCUT2D eigenvalue weighted by Gasteiger charge is -2.58. The van der Waals surface area contributed by atoms with Crippen molar-refractivity contribution in [2.45, 2.75) is 90.7 Å². The Morgan fingerprint density at radius 2 is 1.38 bits per heavy atom. The lowest BCUT2D eigenvalue weighted by Crippen LogP contribution is -2.68. The number of hydrogen-bond acceptors (Lipinski definition) is 3. The maximum absolute atomic E-state index is 6.83. The average Bonchev–Trinajstić information content (AvgIpc) is 2.33. The van der Waals surface area contributed by atoms with E-state index in [4.69, 9.17) is 13.6 Å². The van der Waals surface area contributed by atoms with Crippen molar-refractivity contribution in [2.24, 2.45) is 11.8 Å². The minimum absolute atomic E-state index is 0.0439. The van der Waals surface area contributed by atoms with Gasteiger partial charge in [-0.25, -0.2) is 0 Å². The molecule has 2 rings (SSSR count). The van der Waals surface area contributed by atoms with Crippen molar-refractivity contribution in [3.05, 3.63) is 0 Å². The van der Waals surface area contributed by atoms with Gasteiger partial charge in [-0.3, -0.25) is 0 Å². The highest BCUT2D eigenvalue weighted by molar-refractivity contribution is 6.73. The Balaban J connectivity index is 2.34. The van der Waals surface area contributed by atoms with Crippen molar-refractivity contribution in [3.63, 3.8) is 0 Å². The molecule has 0 saturated carbocycles. The summed E-state index contributed by atoms with van der Waals surface area (Å²) in [6.07, 6.45) is 0.554. The fourth-order valence-corrected chi connectivity index (χ4v) is 9.24. The Hall–Kier alpha value is 0.0969. The van der Waals surface area contributed by atoms with Crippen LogP contribution >= 0.6 is 0 Å². The molecule has 2 fully saturated rings. The average molecular weight is 315 g/mol. The minimum Gasteiger partial charge on any atom is -0.391 e. The van der Waals surface area contributed by atoms with Gasteiger partial charge in [0, 0.05) is 10.1 Å². The third-order valence-electron chi connectivity index (χ3n) is 5.57. The fraction of sp³-hybridized carbons (Fsp3) is 1.00. The first-order valence-electron chi connectivity index (χ1n) is 8.38. The van der Waals surface area contributed by atoms with E-state index in [1.807, 2.05) is 0 Å². The van der Waals surface area contributed by atoms with Crippen LogP contribution in [0.4, 0.5) is 0 Å². The van der Waals surface area contributed by atoms with E-state index in [0.29, 0.717) is 18.4 Å². The molecule has 2 heterocycles. The first-order valence-corrected chi connectivity index (χ1v) is 10.2. The molecule has 0 N–H and O–H groups in total. The zero-order valence-electron chi connectivity index (χ0n) is 15.3. The number of fused-ring (bicyclic) bond motifs is 1. The van der Waals surface area contributed by atoms with Crippen LogP contribution in [0.25, 0.3) is 0 Å². The van der Waals surface area contributed by atoms with Gasteiger partial charge in [0.05, 0.1) is 18.8 Å². The highest BCUT2D eigenvalue weighted by Gasteiger charge is 2.63. The van der Waals surface area contributed by atoms with E-state index in [-0.39, 0.29) is 28.4 Å². The SMILES string of the molecule is CC1[C@H](C)OC2CO[Si](C(C)(C)C)(C(C)(C)C)O[C@@H]2[C@@H]1C. The second-order valence-electron chi connectivity index (χ2n) is 9.11. The molecule has 0 bridgehead atoms. The van der Waals surface area contributed by atoms with Crippen LogP contribution in [0.5, 0.6) is 0 Å². The van der Waals surface area contributed by atoms with Gasteiger partial charge in [-0.2, -0.15) is 0 Å². The fourth-order valence-electron chi connectivity index (χ4n) is 4.20. The molecule has 124 valence electrons. The molecule has 2 unspecified atom stereocenters. The predicted octanol–water partition coefficient (Wildman–Crippen LogP) is 4.50. The van der Waals surface area contributed by atoms with Crippen LogP contribution in [0.2, 0.25) is 10.1 Å². The molecule has 0 aromatic rings. The smallest absolute Gasteiger partial charge is 0.349 e. The Kier molecular flexibility index (Phi) is 4.43. The van der Waals surface area contributed by atoms with E-state index in [1.165, 1.54) is 0 Å². The molecule has 5 atom stereocenters. The Morgan fingerprint density at radius 3 is 1.86 bits per heavy atom. The number of ether oxygens (including phenoxy) is 1. The van der Waals surface area contributed by atoms with Crippen molar-refractivity contribution in [1.82, 2.24) is 0 Å². The summed E-state index contributed by atoms with van der Waals surface area (Å²) in [5.74, 6) is 1.04. The van der Waals surface area contributed by atoms with Crippen molar-refractivity contribution < 1.29 is 13.6 Å². The quantitative estimate of drug-likeness (QED) is 0.616. The molecule has 2 saturated heterocycles.